The van der Waals surface area contributed by atoms with E-state index in [9.17, 15) is 19.2 Å². The minimum Gasteiger partial charge on any atom is -0.372 e. The lowest BCUT2D eigenvalue weighted by Crippen LogP contribution is -2.54. The van der Waals surface area contributed by atoms with Crippen LogP contribution in [0, 0.1) is 0 Å². The maximum absolute atomic E-state index is 12.8. The van der Waals surface area contributed by atoms with Gasteiger partial charge in [0.2, 0.25) is 11.8 Å². The van der Waals surface area contributed by atoms with Gasteiger partial charge in [-0.25, -0.2) is 0 Å². The second-order valence-corrected chi connectivity index (χ2v) is 6.26. The molecule has 1 fully saturated rings. The number of hydrogen-bond acceptors (Lipinski definition) is 5. The zero-order chi connectivity index (χ0) is 18.1. The zero-order valence-corrected chi connectivity index (χ0v) is 14.4. The molecule has 7 heteroatoms. The number of nitrogens with one attached hydrogen (secondary N) is 1. The number of imide groups is 2. The van der Waals surface area contributed by atoms with Gasteiger partial charge >= 0.3 is 0 Å². The van der Waals surface area contributed by atoms with Crippen molar-refractivity contribution in [2.45, 2.75) is 39.2 Å². The molecule has 25 heavy (non-hydrogen) atoms. The average molecular weight is 343 g/mol. The molecule has 0 spiro atoms. The molecule has 132 valence electrons. The lowest BCUT2D eigenvalue weighted by Gasteiger charge is -2.27. The number of anilines is 1. The predicted molar refractivity (Wildman–Crippen MR) is 91.3 cm³/mol. The van der Waals surface area contributed by atoms with Crippen molar-refractivity contribution in [3.05, 3.63) is 29.3 Å². The number of nitrogens with zero attached hydrogens (tertiary/aromatic N) is 2. The second-order valence-electron chi connectivity index (χ2n) is 6.26. The Hall–Kier alpha value is -2.70. The van der Waals surface area contributed by atoms with Crippen LogP contribution in [-0.2, 0) is 9.59 Å². The van der Waals surface area contributed by atoms with Crippen molar-refractivity contribution in [2.75, 3.05) is 18.0 Å². The topological polar surface area (TPSA) is 86.8 Å². The lowest BCUT2D eigenvalue weighted by atomic mass is 10.0. The third-order valence-electron chi connectivity index (χ3n) is 4.66. The summed E-state index contributed by atoms with van der Waals surface area (Å²) in [6, 6.07) is 4.28. The quantitative estimate of drug-likeness (QED) is 0.815. The van der Waals surface area contributed by atoms with Gasteiger partial charge in [-0.1, -0.05) is 6.92 Å². The summed E-state index contributed by atoms with van der Waals surface area (Å²) in [4.78, 5) is 51.9. The van der Waals surface area contributed by atoms with Gasteiger partial charge in [0.05, 0.1) is 11.1 Å². The number of piperidine rings is 1. The summed E-state index contributed by atoms with van der Waals surface area (Å²) in [5.41, 5.74) is 1.52. The number of rotatable bonds is 5. The van der Waals surface area contributed by atoms with Gasteiger partial charge in [-0.15, -0.1) is 0 Å². The highest BCUT2D eigenvalue weighted by atomic mass is 16.2. The molecule has 4 amide bonds. The Morgan fingerprint density at radius 1 is 1.12 bits per heavy atom. The first-order valence-corrected chi connectivity index (χ1v) is 8.58. The van der Waals surface area contributed by atoms with Crippen LogP contribution in [-0.4, -0.2) is 47.7 Å². The first-order chi connectivity index (χ1) is 12.0. The van der Waals surface area contributed by atoms with Crippen molar-refractivity contribution in [3.8, 4) is 0 Å². The SMILES string of the molecule is CCCN(CC)c1ccc2c(c1)C(=O)N(C1CCC(=O)NC1=O)C2=O. The summed E-state index contributed by atoms with van der Waals surface area (Å²) in [5.74, 6) is -1.91. The Morgan fingerprint density at radius 2 is 1.84 bits per heavy atom. The molecule has 1 saturated heterocycles. The molecule has 2 aliphatic rings. The van der Waals surface area contributed by atoms with Crippen LogP contribution in [0.4, 0.5) is 5.69 Å². The van der Waals surface area contributed by atoms with Crippen LogP contribution in [0.5, 0.6) is 0 Å². The highest BCUT2D eigenvalue weighted by molar-refractivity contribution is 6.23. The number of hydrogen-bond donors (Lipinski definition) is 1. The van der Waals surface area contributed by atoms with E-state index in [1.807, 2.05) is 13.0 Å². The van der Waals surface area contributed by atoms with Crippen LogP contribution in [0.25, 0.3) is 0 Å². The van der Waals surface area contributed by atoms with Crippen molar-refractivity contribution in [1.82, 2.24) is 10.2 Å². The van der Waals surface area contributed by atoms with Crippen molar-refractivity contribution in [2.24, 2.45) is 0 Å². The molecule has 1 atom stereocenters. The normalized spacial score (nSPS) is 19.9. The number of amides is 4. The van der Waals surface area contributed by atoms with Crippen LogP contribution in [0.15, 0.2) is 18.2 Å². The molecule has 1 N–H and O–H groups in total. The molecule has 1 aromatic carbocycles. The monoisotopic (exact) mass is 343 g/mol. The second kappa shape index (κ2) is 6.66. The number of benzene rings is 1. The maximum Gasteiger partial charge on any atom is 0.262 e. The third-order valence-corrected chi connectivity index (χ3v) is 4.66. The van der Waals surface area contributed by atoms with Gasteiger partial charge in [0.1, 0.15) is 6.04 Å². The van der Waals surface area contributed by atoms with Crippen LogP contribution < -0.4 is 10.2 Å². The first kappa shape index (κ1) is 17.1. The molecular weight excluding hydrogens is 322 g/mol. The molecular formula is C18H21N3O4. The van der Waals surface area contributed by atoms with Crippen molar-refractivity contribution in [1.29, 1.82) is 0 Å². The smallest absolute Gasteiger partial charge is 0.262 e. The van der Waals surface area contributed by atoms with Crippen molar-refractivity contribution in [3.63, 3.8) is 0 Å². The summed E-state index contributed by atoms with van der Waals surface area (Å²) in [6.07, 6.45) is 1.26. The van der Waals surface area contributed by atoms with Gasteiger partial charge in [-0.05, 0) is 38.0 Å². The van der Waals surface area contributed by atoms with Gasteiger partial charge in [0.15, 0.2) is 0 Å². The van der Waals surface area contributed by atoms with E-state index in [4.69, 9.17) is 0 Å². The molecule has 1 unspecified atom stereocenters. The molecule has 0 bridgehead atoms. The molecule has 2 aliphatic heterocycles. The van der Waals surface area contributed by atoms with Crippen LogP contribution >= 0.6 is 0 Å². The number of fused-ring (bicyclic) bond motifs is 1. The molecule has 1 aromatic rings. The molecule has 0 aliphatic carbocycles. The van der Waals surface area contributed by atoms with E-state index in [2.05, 4.69) is 17.1 Å². The van der Waals surface area contributed by atoms with Crippen LogP contribution in [0.2, 0.25) is 0 Å². The summed E-state index contributed by atoms with van der Waals surface area (Å²) in [6.45, 7) is 5.76. The highest BCUT2D eigenvalue weighted by Crippen LogP contribution is 2.30. The predicted octanol–water partition coefficient (Wildman–Crippen LogP) is 1.32. The highest BCUT2D eigenvalue weighted by Gasteiger charge is 2.44. The summed E-state index contributed by atoms with van der Waals surface area (Å²) in [7, 11) is 0. The minimum absolute atomic E-state index is 0.120. The Labute approximate surface area is 146 Å². The summed E-state index contributed by atoms with van der Waals surface area (Å²) >= 11 is 0. The van der Waals surface area contributed by atoms with E-state index >= 15 is 0 Å². The van der Waals surface area contributed by atoms with Crippen LogP contribution in [0.1, 0.15) is 53.8 Å². The molecule has 7 nitrogen and oxygen atoms in total. The van der Waals surface area contributed by atoms with Crippen molar-refractivity contribution >= 4 is 29.3 Å². The molecule has 3 rings (SSSR count). The van der Waals surface area contributed by atoms with Gasteiger partial charge in [0, 0.05) is 25.2 Å². The first-order valence-electron chi connectivity index (χ1n) is 8.58. The molecule has 0 radical (unpaired) electrons. The van der Waals surface area contributed by atoms with Crippen LogP contribution in [0.3, 0.4) is 0 Å². The van der Waals surface area contributed by atoms with E-state index in [0.29, 0.717) is 11.1 Å². The number of carbonyl (C=O) groups is 4. The Balaban J connectivity index is 1.91. The van der Waals surface area contributed by atoms with Gasteiger partial charge < -0.3 is 4.90 Å². The number of carbonyl (C=O) groups excluding carboxylic acids is 4. The summed E-state index contributed by atoms with van der Waals surface area (Å²) < 4.78 is 0. The van der Waals surface area contributed by atoms with Crippen molar-refractivity contribution < 1.29 is 19.2 Å². The van der Waals surface area contributed by atoms with Gasteiger partial charge in [0.25, 0.3) is 11.8 Å². The lowest BCUT2D eigenvalue weighted by molar-refractivity contribution is -0.136. The standard InChI is InChI=1S/C18H21N3O4/c1-3-9-20(4-2)11-5-6-12-13(10-11)18(25)21(17(12)24)14-7-8-15(22)19-16(14)23/h5-6,10,14H,3-4,7-9H2,1-2H3,(H,19,22,23). The van der Waals surface area contributed by atoms with E-state index in [1.54, 1.807) is 12.1 Å². The Kier molecular flexibility index (Phi) is 4.57. The zero-order valence-electron chi connectivity index (χ0n) is 14.4. The van der Waals surface area contributed by atoms with E-state index in [-0.39, 0.29) is 18.7 Å². The Morgan fingerprint density at radius 3 is 2.48 bits per heavy atom. The average Bonchev–Trinajstić information content (AvgIpc) is 2.84. The maximum atomic E-state index is 12.8. The van der Waals surface area contributed by atoms with Gasteiger partial charge in [-0.3, -0.25) is 29.4 Å². The minimum atomic E-state index is -0.925. The Bertz CT molecular complexity index is 759. The molecule has 0 saturated carbocycles. The van der Waals surface area contributed by atoms with Gasteiger partial charge in [-0.2, -0.15) is 0 Å². The third kappa shape index (κ3) is 2.90. The molecule has 2 heterocycles. The fraction of sp³-hybridized carbons (Fsp3) is 0.444. The fourth-order valence-electron chi connectivity index (χ4n) is 3.40. The van der Waals surface area contributed by atoms with E-state index < -0.39 is 23.8 Å². The fourth-order valence-corrected chi connectivity index (χ4v) is 3.40. The summed E-state index contributed by atoms with van der Waals surface area (Å²) in [5, 5.41) is 2.20. The molecule has 0 aromatic heterocycles. The largest absolute Gasteiger partial charge is 0.372 e. The van der Waals surface area contributed by atoms with E-state index in [0.717, 1.165) is 30.1 Å². The van der Waals surface area contributed by atoms with E-state index in [1.165, 1.54) is 0 Å².